The van der Waals surface area contributed by atoms with Crippen LogP contribution in [0, 0.1) is 5.82 Å². The van der Waals surface area contributed by atoms with Gasteiger partial charge in [0.05, 0.1) is 7.11 Å². The SMILES string of the molecule is COc1ccc(OC(CCCl)c2ccc(F)cc2)cc1. The van der Waals surface area contributed by atoms with Gasteiger partial charge >= 0.3 is 0 Å². The minimum atomic E-state index is -0.261. The van der Waals surface area contributed by atoms with Crippen LogP contribution in [0.5, 0.6) is 11.5 Å². The standard InChI is InChI=1S/C16H16ClFO2/c1-19-14-6-8-15(9-7-14)20-16(10-11-17)12-2-4-13(18)5-3-12/h2-9,16H,10-11H2,1H3. The molecule has 4 heteroatoms. The van der Waals surface area contributed by atoms with E-state index in [2.05, 4.69) is 0 Å². The highest BCUT2D eigenvalue weighted by Crippen LogP contribution is 2.26. The molecule has 0 aliphatic heterocycles. The number of halogens is 2. The topological polar surface area (TPSA) is 18.5 Å². The van der Waals surface area contributed by atoms with Crippen LogP contribution in [0.15, 0.2) is 48.5 Å². The zero-order valence-corrected chi connectivity index (χ0v) is 11.9. The first kappa shape index (κ1) is 14.7. The van der Waals surface area contributed by atoms with Crippen molar-refractivity contribution in [2.45, 2.75) is 12.5 Å². The number of methoxy groups -OCH3 is 1. The lowest BCUT2D eigenvalue weighted by Crippen LogP contribution is -2.08. The summed E-state index contributed by atoms with van der Waals surface area (Å²) in [5, 5.41) is 0. The summed E-state index contributed by atoms with van der Waals surface area (Å²) >= 11 is 5.82. The maximum Gasteiger partial charge on any atom is 0.125 e. The zero-order chi connectivity index (χ0) is 14.4. The summed E-state index contributed by atoms with van der Waals surface area (Å²) < 4.78 is 24.0. The van der Waals surface area contributed by atoms with Gasteiger partial charge in [-0.1, -0.05) is 12.1 Å². The van der Waals surface area contributed by atoms with Crippen molar-refractivity contribution in [3.8, 4) is 11.5 Å². The average Bonchev–Trinajstić information content (AvgIpc) is 2.48. The third-order valence-electron chi connectivity index (χ3n) is 2.95. The number of ether oxygens (including phenoxy) is 2. The van der Waals surface area contributed by atoms with Crippen LogP contribution in [-0.4, -0.2) is 13.0 Å². The van der Waals surface area contributed by atoms with E-state index in [1.54, 1.807) is 19.2 Å². The van der Waals surface area contributed by atoms with Gasteiger partial charge in [0.1, 0.15) is 23.4 Å². The molecule has 2 nitrogen and oxygen atoms in total. The molecule has 1 unspecified atom stereocenters. The van der Waals surface area contributed by atoms with Crippen molar-refractivity contribution in [1.29, 1.82) is 0 Å². The molecule has 2 aromatic rings. The Morgan fingerprint density at radius 1 is 1.00 bits per heavy atom. The first-order valence-corrected chi connectivity index (χ1v) is 6.88. The van der Waals surface area contributed by atoms with Crippen molar-refractivity contribution in [2.24, 2.45) is 0 Å². The lowest BCUT2D eigenvalue weighted by molar-refractivity contribution is 0.202. The molecule has 1 atom stereocenters. The Hall–Kier alpha value is -1.74. The van der Waals surface area contributed by atoms with E-state index in [9.17, 15) is 4.39 Å². The van der Waals surface area contributed by atoms with Crippen molar-refractivity contribution in [2.75, 3.05) is 13.0 Å². The summed E-state index contributed by atoms with van der Waals surface area (Å²) in [6, 6.07) is 13.6. The number of benzene rings is 2. The van der Waals surface area contributed by atoms with E-state index in [1.807, 2.05) is 24.3 Å². The van der Waals surface area contributed by atoms with Gasteiger partial charge in [-0.05, 0) is 42.0 Å². The van der Waals surface area contributed by atoms with Crippen molar-refractivity contribution >= 4 is 11.6 Å². The molecule has 0 spiro atoms. The van der Waals surface area contributed by atoms with Crippen molar-refractivity contribution in [1.82, 2.24) is 0 Å². The molecule has 20 heavy (non-hydrogen) atoms. The molecule has 0 heterocycles. The highest BCUT2D eigenvalue weighted by molar-refractivity contribution is 6.17. The van der Waals surface area contributed by atoms with Crippen LogP contribution in [0.1, 0.15) is 18.1 Å². The third kappa shape index (κ3) is 3.87. The van der Waals surface area contributed by atoms with Crippen LogP contribution in [0.25, 0.3) is 0 Å². The molecule has 0 N–H and O–H groups in total. The van der Waals surface area contributed by atoms with Gasteiger partial charge in [-0.2, -0.15) is 0 Å². The maximum absolute atomic E-state index is 13.0. The molecule has 0 aromatic heterocycles. The summed E-state index contributed by atoms with van der Waals surface area (Å²) in [7, 11) is 1.62. The molecule has 0 bridgehead atoms. The Labute approximate surface area is 123 Å². The largest absolute Gasteiger partial charge is 0.497 e. The second kappa shape index (κ2) is 7.15. The number of rotatable bonds is 6. The van der Waals surface area contributed by atoms with Gasteiger partial charge < -0.3 is 9.47 Å². The summed E-state index contributed by atoms with van der Waals surface area (Å²) in [6.45, 7) is 0. The fourth-order valence-corrected chi connectivity index (χ4v) is 2.09. The quantitative estimate of drug-likeness (QED) is 0.726. The highest BCUT2D eigenvalue weighted by Gasteiger charge is 2.13. The first-order valence-electron chi connectivity index (χ1n) is 6.35. The van der Waals surface area contributed by atoms with E-state index in [-0.39, 0.29) is 11.9 Å². The van der Waals surface area contributed by atoms with E-state index in [0.717, 1.165) is 17.1 Å². The predicted molar refractivity (Wildman–Crippen MR) is 78.1 cm³/mol. The second-order valence-corrected chi connectivity index (χ2v) is 4.69. The van der Waals surface area contributed by atoms with Crippen LogP contribution in [-0.2, 0) is 0 Å². The van der Waals surface area contributed by atoms with E-state index in [4.69, 9.17) is 21.1 Å². The first-order chi connectivity index (χ1) is 9.72. The third-order valence-corrected chi connectivity index (χ3v) is 3.17. The molecular formula is C16H16ClFO2. The van der Waals surface area contributed by atoms with Crippen LogP contribution in [0.2, 0.25) is 0 Å². The molecule has 0 fully saturated rings. The molecule has 0 radical (unpaired) electrons. The molecular weight excluding hydrogens is 279 g/mol. The maximum atomic E-state index is 13.0. The summed E-state index contributed by atoms with van der Waals surface area (Å²) in [5.41, 5.74) is 0.905. The molecule has 106 valence electrons. The molecule has 2 aromatic carbocycles. The van der Waals surface area contributed by atoms with Gasteiger partial charge in [0.25, 0.3) is 0 Å². The molecule has 0 aliphatic carbocycles. The van der Waals surface area contributed by atoms with Gasteiger partial charge in [0.2, 0.25) is 0 Å². The van der Waals surface area contributed by atoms with Crippen molar-refractivity contribution in [3.05, 3.63) is 59.9 Å². The summed E-state index contributed by atoms with van der Waals surface area (Å²) in [6.07, 6.45) is 0.459. The molecule has 2 rings (SSSR count). The minimum absolute atomic E-state index is 0.193. The number of alkyl halides is 1. The van der Waals surface area contributed by atoms with Gasteiger partial charge in [0.15, 0.2) is 0 Å². The molecule has 0 aliphatic rings. The van der Waals surface area contributed by atoms with Gasteiger partial charge in [-0.25, -0.2) is 4.39 Å². The number of hydrogen-bond acceptors (Lipinski definition) is 2. The van der Waals surface area contributed by atoms with E-state index in [1.165, 1.54) is 12.1 Å². The van der Waals surface area contributed by atoms with Crippen molar-refractivity contribution in [3.63, 3.8) is 0 Å². The normalized spacial score (nSPS) is 11.9. The van der Waals surface area contributed by atoms with Crippen molar-refractivity contribution < 1.29 is 13.9 Å². The van der Waals surface area contributed by atoms with Crippen LogP contribution >= 0.6 is 11.6 Å². The van der Waals surface area contributed by atoms with Crippen LogP contribution < -0.4 is 9.47 Å². The Kier molecular flexibility index (Phi) is 5.24. The summed E-state index contributed by atoms with van der Waals surface area (Å²) in [4.78, 5) is 0. The van der Waals surface area contributed by atoms with E-state index >= 15 is 0 Å². The monoisotopic (exact) mass is 294 g/mol. The highest BCUT2D eigenvalue weighted by atomic mass is 35.5. The zero-order valence-electron chi connectivity index (χ0n) is 11.2. The fraction of sp³-hybridized carbons (Fsp3) is 0.250. The minimum Gasteiger partial charge on any atom is -0.497 e. The van der Waals surface area contributed by atoms with E-state index < -0.39 is 0 Å². The van der Waals surface area contributed by atoms with Gasteiger partial charge in [0, 0.05) is 12.3 Å². The van der Waals surface area contributed by atoms with E-state index in [0.29, 0.717) is 12.3 Å². The van der Waals surface area contributed by atoms with Gasteiger partial charge in [-0.3, -0.25) is 0 Å². The molecule has 0 saturated heterocycles. The number of hydrogen-bond donors (Lipinski definition) is 0. The Bertz CT molecular complexity index is 525. The molecule has 0 amide bonds. The predicted octanol–water partition coefficient (Wildman–Crippen LogP) is 4.58. The Balaban J connectivity index is 2.13. The second-order valence-electron chi connectivity index (χ2n) is 4.31. The lowest BCUT2D eigenvalue weighted by Gasteiger charge is -2.19. The van der Waals surface area contributed by atoms with Crippen LogP contribution in [0.4, 0.5) is 4.39 Å². The Morgan fingerprint density at radius 2 is 1.60 bits per heavy atom. The fourth-order valence-electron chi connectivity index (χ4n) is 1.89. The smallest absolute Gasteiger partial charge is 0.125 e. The average molecular weight is 295 g/mol. The van der Waals surface area contributed by atoms with Crippen LogP contribution in [0.3, 0.4) is 0 Å². The Morgan fingerprint density at radius 3 is 2.15 bits per heavy atom. The molecule has 0 saturated carbocycles. The lowest BCUT2D eigenvalue weighted by atomic mass is 10.1. The van der Waals surface area contributed by atoms with Gasteiger partial charge in [-0.15, -0.1) is 11.6 Å². The summed E-state index contributed by atoms with van der Waals surface area (Å²) in [5.74, 6) is 1.71.